The Labute approximate surface area is 135 Å². The molecule has 0 radical (unpaired) electrons. The van der Waals surface area contributed by atoms with Crippen molar-refractivity contribution in [2.24, 2.45) is 5.92 Å². The molecule has 1 aliphatic rings. The maximum Gasteiger partial charge on any atom is 0.159 e. The summed E-state index contributed by atoms with van der Waals surface area (Å²) < 4.78 is 5.58. The summed E-state index contributed by atoms with van der Waals surface area (Å²) >= 11 is 0. The fourth-order valence-electron chi connectivity index (χ4n) is 2.17. The molecule has 22 heavy (non-hydrogen) atoms. The fraction of sp³-hybridized carbons (Fsp3) is 0.526. The zero-order valence-electron chi connectivity index (χ0n) is 14.3. The minimum absolute atomic E-state index is 0.0202. The minimum Gasteiger partial charge on any atom is -0.512 e. The van der Waals surface area contributed by atoms with Crippen LogP contribution < -0.4 is 0 Å². The van der Waals surface area contributed by atoms with Crippen molar-refractivity contribution < 1.29 is 14.6 Å². The molecule has 3 heteroatoms. The van der Waals surface area contributed by atoms with E-state index >= 15 is 0 Å². The molecule has 0 saturated heterocycles. The summed E-state index contributed by atoms with van der Waals surface area (Å²) in [5.74, 6) is 0.449. The number of carbonyl (C=O) groups excluding carboxylic acids is 1. The molecule has 124 valence electrons. The Bertz CT molecular complexity index is 424. The van der Waals surface area contributed by atoms with Gasteiger partial charge in [-0.3, -0.25) is 4.79 Å². The van der Waals surface area contributed by atoms with Crippen LogP contribution in [0.5, 0.6) is 0 Å². The molecule has 0 aromatic heterocycles. The van der Waals surface area contributed by atoms with E-state index in [1.54, 1.807) is 0 Å². The number of aliphatic hydroxyl groups excluding tert-OH is 1. The molecule has 3 nitrogen and oxygen atoms in total. The quantitative estimate of drug-likeness (QED) is 0.773. The Morgan fingerprint density at radius 1 is 1.09 bits per heavy atom. The van der Waals surface area contributed by atoms with Crippen molar-refractivity contribution in [2.75, 3.05) is 6.61 Å². The van der Waals surface area contributed by atoms with Crippen molar-refractivity contribution >= 4 is 5.78 Å². The monoisotopic (exact) mass is 306 g/mol. The van der Waals surface area contributed by atoms with Crippen LogP contribution in [0.1, 0.15) is 52.5 Å². The van der Waals surface area contributed by atoms with Gasteiger partial charge in [-0.2, -0.15) is 0 Å². The lowest BCUT2D eigenvalue weighted by Crippen LogP contribution is -2.16. The van der Waals surface area contributed by atoms with Gasteiger partial charge < -0.3 is 9.84 Å². The zero-order chi connectivity index (χ0) is 16.8. The molecule has 1 N–H and O–H groups in total. The van der Waals surface area contributed by atoms with Crippen LogP contribution in [0.4, 0.5) is 0 Å². The van der Waals surface area contributed by atoms with E-state index in [0.717, 1.165) is 12.0 Å². The van der Waals surface area contributed by atoms with Gasteiger partial charge in [0.2, 0.25) is 0 Å². The van der Waals surface area contributed by atoms with E-state index < -0.39 is 0 Å². The van der Waals surface area contributed by atoms with Crippen LogP contribution in [0.3, 0.4) is 0 Å². The third-order valence-electron chi connectivity index (χ3n) is 3.10. The number of hydrogen-bond donors (Lipinski definition) is 1. The van der Waals surface area contributed by atoms with Gasteiger partial charge in [-0.25, -0.2) is 0 Å². The standard InChI is InChI=1S/C15H18O3.2C2H6/c16-14-8-13(9-15(17)10-14)6-7-18-11-12-4-2-1-3-5-12;2*1-2/h1-5,10,13,16H,6-9,11H2;2*1-2H3. The van der Waals surface area contributed by atoms with Gasteiger partial charge in [0.05, 0.1) is 12.4 Å². The van der Waals surface area contributed by atoms with Gasteiger partial charge >= 0.3 is 0 Å². The normalized spacial score (nSPS) is 16.6. The van der Waals surface area contributed by atoms with Gasteiger partial charge in [-0.05, 0) is 17.9 Å². The predicted octanol–water partition coefficient (Wildman–Crippen LogP) is 5.07. The number of rotatable bonds is 5. The highest BCUT2D eigenvalue weighted by Crippen LogP contribution is 2.23. The smallest absolute Gasteiger partial charge is 0.159 e. The van der Waals surface area contributed by atoms with E-state index in [9.17, 15) is 9.90 Å². The Hall–Kier alpha value is -1.61. The maximum atomic E-state index is 11.3. The summed E-state index contributed by atoms with van der Waals surface area (Å²) in [6, 6.07) is 10.0. The highest BCUT2D eigenvalue weighted by molar-refractivity contribution is 5.91. The van der Waals surface area contributed by atoms with Crippen LogP contribution >= 0.6 is 0 Å². The largest absolute Gasteiger partial charge is 0.512 e. The SMILES string of the molecule is CC.CC.O=C1C=C(O)CC(CCOCc2ccccc2)C1. The molecule has 1 atom stereocenters. The molecule has 0 bridgehead atoms. The number of ketones is 1. The summed E-state index contributed by atoms with van der Waals surface area (Å²) in [7, 11) is 0. The molecule has 0 saturated carbocycles. The summed E-state index contributed by atoms with van der Waals surface area (Å²) in [6.45, 7) is 9.23. The number of aliphatic hydroxyl groups is 1. The highest BCUT2D eigenvalue weighted by atomic mass is 16.5. The van der Waals surface area contributed by atoms with Crippen molar-refractivity contribution in [1.29, 1.82) is 0 Å². The topological polar surface area (TPSA) is 46.5 Å². The summed E-state index contributed by atoms with van der Waals surface area (Å²) in [5, 5.41) is 9.38. The van der Waals surface area contributed by atoms with Crippen molar-refractivity contribution in [1.82, 2.24) is 0 Å². The molecule has 1 aromatic rings. The highest BCUT2D eigenvalue weighted by Gasteiger charge is 2.19. The second kappa shape index (κ2) is 13.1. The van der Waals surface area contributed by atoms with Gasteiger partial charge in [0, 0.05) is 25.5 Å². The molecule has 0 amide bonds. The Kier molecular flexibility index (Phi) is 12.1. The lowest BCUT2D eigenvalue weighted by molar-refractivity contribution is -0.116. The first-order chi connectivity index (χ1) is 10.7. The number of hydrogen-bond acceptors (Lipinski definition) is 3. The first kappa shape index (κ1) is 20.4. The number of ether oxygens (including phenoxy) is 1. The van der Waals surface area contributed by atoms with E-state index in [0.29, 0.717) is 26.1 Å². The summed E-state index contributed by atoms with van der Waals surface area (Å²) in [6.07, 6.45) is 3.27. The molecule has 2 rings (SSSR count). The first-order valence-electron chi connectivity index (χ1n) is 8.28. The van der Waals surface area contributed by atoms with E-state index in [1.807, 2.05) is 58.0 Å². The Morgan fingerprint density at radius 3 is 2.32 bits per heavy atom. The molecule has 0 fully saturated rings. The first-order valence-corrected chi connectivity index (χ1v) is 8.28. The van der Waals surface area contributed by atoms with Gasteiger partial charge in [0.15, 0.2) is 5.78 Å². The third kappa shape index (κ3) is 8.63. The van der Waals surface area contributed by atoms with Crippen molar-refractivity contribution in [2.45, 2.75) is 53.6 Å². The predicted molar refractivity (Wildman–Crippen MR) is 91.9 cm³/mol. The second-order valence-electron chi connectivity index (χ2n) is 4.70. The Balaban J connectivity index is 0.00000102. The lowest BCUT2D eigenvalue weighted by Gasteiger charge is -2.18. The van der Waals surface area contributed by atoms with Crippen LogP contribution in [0, 0.1) is 5.92 Å². The van der Waals surface area contributed by atoms with Crippen LogP contribution in [0.2, 0.25) is 0 Å². The fourth-order valence-corrected chi connectivity index (χ4v) is 2.17. The van der Waals surface area contributed by atoms with Gasteiger partial charge in [0.25, 0.3) is 0 Å². The Morgan fingerprint density at radius 2 is 1.73 bits per heavy atom. The molecule has 1 aromatic carbocycles. The van der Waals surface area contributed by atoms with Crippen LogP contribution in [-0.4, -0.2) is 17.5 Å². The van der Waals surface area contributed by atoms with Crippen LogP contribution in [-0.2, 0) is 16.1 Å². The minimum atomic E-state index is 0.0202. The molecule has 1 unspecified atom stereocenters. The van der Waals surface area contributed by atoms with Crippen molar-refractivity contribution in [3.8, 4) is 0 Å². The van der Waals surface area contributed by atoms with E-state index in [2.05, 4.69) is 0 Å². The zero-order valence-corrected chi connectivity index (χ0v) is 14.3. The number of carbonyl (C=O) groups is 1. The molecule has 0 spiro atoms. The summed E-state index contributed by atoms with van der Waals surface area (Å²) in [5.41, 5.74) is 1.15. The average molecular weight is 306 g/mol. The molecule has 1 aliphatic carbocycles. The maximum absolute atomic E-state index is 11.3. The number of benzene rings is 1. The van der Waals surface area contributed by atoms with E-state index in [-0.39, 0.29) is 17.5 Å². The molecule has 0 heterocycles. The third-order valence-corrected chi connectivity index (χ3v) is 3.10. The van der Waals surface area contributed by atoms with E-state index in [1.165, 1.54) is 6.08 Å². The van der Waals surface area contributed by atoms with Crippen LogP contribution in [0.25, 0.3) is 0 Å². The molecular weight excluding hydrogens is 276 g/mol. The van der Waals surface area contributed by atoms with Crippen molar-refractivity contribution in [3.63, 3.8) is 0 Å². The van der Waals surface area contributed by atoms with Gasteiger partial charge in [-0.1, -0.05) is 58.0 Å². The number of allylic oxidation sites excluding steroid dienone is 2. The van der Waals surface area contributed by atoms with Crippen LogP contribution in [0.15, 0.2) is 42.2 Å². The molecule has 0 aliphatic heterocycles. The summed E-state index contributed by atoms with van der Waals surface area (Å²) in [4.78, 5) is 11.3. The van der Waals surface area contributed by atoms with Gasteiger partial charge in [0.1, 0.15) is 0 Å². The van der Waals surface area contributed by atoms with Crippen molar-refractivity contribution in [3.05, 3.63) is 47.7 Å². The van der Waals surface area contributed by atoms with Gasteiger partial charge in [-0.15, -0.1) is 0 Å². The van der Waals surface area contributed by atoms with E-state index in [4.69, 9.17) is 4.74 Å². The second-order valence-corrected chi connectivity index (χ2v) is 4.70. The molecular formula is C19H30O3. The lowest BCUT2D eigenvalue weighted by atomic mass is 9.90. The average Bonchev–Trinajstić information content (AvgIpc) is 2.55.